The van der Waals surface area contributed by atoms with Crippen molar-refractivity contribution in [2.45, 2.75) is 18.9 Å². The number of aliphatic hydroxyl groups excluding tert-OH is 1. The number of ether oxygens (including phenoxy) is 1. The van der Waals surface area contributed by atoms with Crippen LogP contribution in [0.5, 0.6) is 0 Å². The van der Waals surface area contributed by atoms with Crippen molar-refractivity contribution >= 4 is 11.6 Å². The zero-order valence-electron chi connectivity index (χ0n) is 9.93. The molecular formula is C13H17NO3. The van der Waals surface area contributed by atoms with E-state index >= 15 is 0 Å². The van der Waals surface area contributed by atoms with Gasteiger partial charge in [-0.3, -0.25) is 4.79 Å². The van der Waals surface area contributed by atoms with Crippen molar-refractivity contribution in [1.29, 1.82) is 0 Å². The van der Waals surface area contributed by atoms with Crippen molar-refractivity contribution in [2.24, 2.45) is 0 Å². The Hall–Kier alpha value is -1.39. The predicted octanol–water partition coefficient (Wildman–Crippen LogP) is 1.49. The second kappa shape index (κ2) is 5.29. The minimum atomic E-state index is -0.460. The number of hydrogen-bond donors (Lipinski definition) is 1. The summed E-state index contributed by atoms with van der Waals surface area (Å²) in [5.74, 6) is 0.0474. The third-order valence-electron chi connectivity index (χ3n) is 3.03. The average Bonchev–Trinajstić information content (AvgIpc) is 2.37. The summed E-state index contributed by atoms with van der Waals surface area (Å²) in [6.45, 7) is 1.00. The number of aliphatic hydroxyl groups is 1. The van der Waals surface area contributed by atoms with Crippen LogP contribution in [0.25, 0.3) is 0 Å². The van der Waals surface area contributed by atoms with E-state index in [0.29, 0.717) is 26.0 Å². The van der Waals surface area contributed by atoms with Crippen LogP contribution in [0.15, 0.2) is 24.3 Å². The highest BCUT2D eigenvalue weighted by Gasteiger charge is 2.26. The minimum absolute atomic E-state index is 0.0474. The molecule has 0 spiro atoms. The average molecular weight is 235 g/mol. The topological polar surface area (TPSA) is 49.8 Å². The Morgan fingerprint density at radius 1 is 1.53 bits per heavy atom. The summed E-state index contributed by atoms with van der Waals surface area (Å²) in [7, 11) is 1.58. The molecule has 92 valence electrons. The molecule has 1 amide bonds. The van der Waals surface area contributed by atoms with Gasteiger partial charge in [0.15, 0.2) is 0 Å². The molecule has 0 radical (unpaired) electrons. The maximum absolute atomic E-state index is 12.0. The maximum atomic E-state index is 12.0. The first kappa shape index (κ1) is 12.1. The van der Waals surface area contributed by atoms with Gasteiger partial charge >= 0.3 is 0 Å². The molecule has 0 saturated carbocycles. The van der Waals surface area contributed by atoms with E-state index in [1.165, 1.54) is 0 Å². The van der Waals surface area contributed by atoms with Crippen molar-refractivity contribution in [2.75, 3.05) is 25.2 Å². The molecule has 1 aliphatic heterocycles. The molecule has 2 rings (SSSR count). The van der Waals surface area contributed by atoms with E-state index in [1.807, 2.05) is 24.3 Å². The lowest BCUT2D eigenvalue weighted by Gasteiger charge is -2.32. The number of carbonyl (C=O) groups is 1. The van der Waals surface area contributed by atoms with Crippen molar-refractivity contribution in [3.63, 3.8) is 0 Å². The molecule has 0 bridgehead atoms. The number of methoxy groups -OCH3 is 1. The normalized spacial score (nSPS) is 18.9. The van der Waals surface area contributed by atoms with Gasteiger partial charge in [-0.15, -0.1) is 0 Å². The van der Waals surface area contributed by atoms with Crippen LogP contribution in [0.1, 0.15) is 24.5 Å². The van der Waals surface area contributed by atoms with Gasteiger partial charge in [0.1, 0.15) is 0 Å². The van der Waals surface area contributed by atoms with Gasteiger partial charge < -0.3 is 14.7 Å². The Kier molecular flexibility index (Phi) is 3.76. The second-order valence-corrected chi connectivity index (χ2v) is 4.15. The lowest BCUT2D eigenvalue weighted by molar-refractivity contribution is -0.119. The number of carbonyl (C=O) groups excluding carboxylic acids is 1. The number of hydrogen-bond acceptors (Lipinski definition) is 3. The number of benzene rings is 1. The van der Waals surface area contributed by atoms with Gasteiger partial charge in [-0.25, -0.2) is 0 Å². The molecule has 1 aromatic rings. The Balaban J connectivity index is 2.21. The van der Waals surface area contributed by atoms with E-state index in [2.05, 4.69) is 0 Å². The molecule has 0 fully saturated rings. The molecule has 1 atom stereocenters. The van der Waals surface area contributed by atoms with Crippen LogP contribution in [0.3, 0.4) is 0 Å². The number of nitrogens with zero attached hydrogens (tertiary/aromatic N) is 1. The van der Waals surface area contributed by atoms with E-state index in [1.54, 1.807) is 12.0 Å². The van der Waals surface area contributed by atoms with Crippen molar-refractivity contribution < 1.29 is 14.6 Å². The highest BCUT2D eigenvalue weighted by Crippen LogP contribution is 2.33. The summed E-state index contributed by atoms with van der Waals surface area (Å²) < 4.78 is 4.92. The number of fused-ring (bicyclic) bond motifs is 1. The summed E-state index contributed by atoms with van der Waals surface area (Å²) >= 11 is 0. The van der Waals surface area contributed by atoms with Gasteiger partial charge in [0.05, 0.1) is 19.1 Å². The molecule has 1 unspecified atom stereocenters. The summed E-state index contributed by atoms with van der Waals surface area (Å²) in [5, 5.41) is 9.87. The standard InChI is InChI=1S/C13H17NO3/c1-17-9-7-13(16)14-8-6-12(15)10-4-2-3-5-11(10)14/h2-5,12,15H,6-9H2,1H3. The van der Waals surface area contributed by atoms with Gasteiger partial charge in [0, 0.05) is 24.9 Å². The molecule has 1 heterocycles. The second-order valence-electron chi connectivity index (χ2n) is 4.15. The van der Waals surface area contributed by atoms with Crippen LogP contribution in [0, 0.1) is 0 Å². The van der Waals surface area contributed by atoms with Gasteiger partial charge in [-0.2, -0.15) is 0 Å². The fraction of sp³-hybridized carbons (Fsp3) is 0.462. The lowest BCUT2D eigenvalue weighted by atomic mass is 9.98. The van der Waals surface area contributed by atoms with Crippen LogP contribution < -0.4 is 4.90 Å². The SMILES string of the molecule is COCCC(=O)N1CCC(O)c2ccccc21. The van der Waals surface area contributed by atoms with Crippen molar-refractivity contribution in [3.05, 3.63) is 29.8 Å². The Labute approximate surface area is 101 Å². The largest absolute Gasteiger partial charge is 0.388 e. The summed E-state index contributed by atoms with van der Waals surface area (Å²) in [4.78, 5) is 13.7. The number of anilines is 1. The van der Waals surface area contributed by atoms with E-state index in [4.69, 9.17) is 4.74 Å². The predicted molar refractivity (Wildman–Crippen MR) is 64.9 cm³/mol. The molecule has 0 aliphatic carbocycles. The monoisotopic (exact) mass is 235 g/mol. The molecular weight excluding hydrogens is 218 g/mol. The molecule has 0 saturated heterocycles. The third kappa shape index (κ3) is 2.48. The van der Waals surface area contributed by atoms with Crippen LogP contribution in [-0.2, 0) is 9.53 Å². The van der Waals surface area contributed by atoms with E-state index in [-0.39, 0.29) is 5.91 Å². The highest BCUT2D eigenvalue weighted by atomic mass is 16.5. The quantitative estimate of drug-likeness (QED) is 0.863. The van der Waals surface area contributed by atoms with Crippen LogP contribution in [0.4, 0.5) is 5.69 Å². The summed E-state index contributed by atoms with van der Waals surface area (Å²) in [5.41, 5.74) is 1.66. The smallest absolute Gasteiger partial charge is 0.229 e. The van der Waals surface area contributed by atoms with Crippen LogP contribution in [0.2, 0.25) is 0 Å². The molecule has 1 aliphatic rings. The number of rotatable bonds is 3. The zero-order valence-corrected chi connectivity index (χ0v) is 9.93. The molecule has 4 nitrogen and oxygen atoms in total. The lowest BCUT2D eigenvalue weighted by Crippen LogP contribution is -2.37. The molecule has 4 heteroatoms. The first-order valence-electron chi connectivity index (χ1n) is 5.80. The zero-order chi connectivity index (χ0) is 12.3. The Morgan fingerprint density at radius 3 is 3.06 bits per heavy atom. The fourth-order valence-corrected chi connectivity index (χ4v) is 2.13. The van der Waals surface area contributed by atoms with Crippen molar-refractivity contribution in [1.82, 2.24) is 0 Å². The highest BCUT2D eigenvalue weighted by molar-refractivity contribution is 5.94. The number of para-hydroxylation sites is 1. The maximum Gasteiger partial charge on any atom is 0.229 e. The third-order valence-corrected chi connectivity index (χ3v) is 3.03. The Morgan fingerprint density at radius 2 is 2.29 bits per heavy atom. The molecule has 0 aromatic heterocycles. The van der Waals surface area contributed by atoms with E-state index in [0.717, 1.165) is 11.3 Å². The van der Waals surface area contributed by atoms with E-state index < -0.39 is 6.10 Å². The van der Waals surface area contributed by atoms with Crippen LogP contribution >= 0.6 is 0 Å². The van der Waals surface area contributed by atoms with Gasteiger partial charge in [0.25, 0.3) is 0 Å². The van der Waals surface area contributed by atoms with E-state index in [9.17, 15) is 9.90 Å². The number of amides is 1. The van der Waals surface area contributed by atoms with Gasteiger partial charge in [0.2, 0.25) is 5.91 Å². The minimum Gasteiger partial charge on any atom is -0.388 e. The Bertz CT molecular complexity index is 405. The van der Waals surface area contributed by atoms with Crippen LogP contribution in [-0.4, -0.2) is 31.3 Å². The fourth-order valence-electron chi connectivity index (χ4n) is 2.13. The first-order chi connectivity index (χ1) is 8.24. The molecule has 1 N–H and O–H groups in total. The van der Waals surface area contributed by atoms with Crippen molar-refractivity contribution in [3.8, 4) is 0 Å². The van der Waals surface area contributed by atoms with Gasteiger partial charge in [-0.1, -0.05) is 18.2 Å². The molecule has 17 heavy (non-hydrogen) atoms. The molecule has 1 aromatic carbocycles. The first-order valence-corrected chi connectivity index (χ1v) is 5.80. The van der Waals surface area contributed by atoms with Gasteiger partial charge in [-0.05, 0) is 12.5 Å². The summed E-state index contributed by atoms with van der Waals surface area (Å²) in [6.07, 6.45) is 0.508. The summed E-state index contributed by atoms with van der Waals surface area (Å²) in [6, 6.07) is 7.51.